The molecule has 3 aromatic rings. The number of carbonyl (C=O) groups is 1. The van der Waals surface area contributed by atoms with Gasteiger partial charge in [-0.3, -0.25) is 9.89 Å². The minimum absolute atomic E-state index is 0.0106. The third-order valence-electron chi connectivity index (χ3n) is 3.06. The molecule has 0 bridgehead atoms. The van der Waals surface area contributed by atoms with Gasteiger partial charge in [0.1, 0.15) is 5.75 Å². The maximum Gasteiger partial charge on any atom is 0.209 e. The molecule has 5 nitrogen and oxygen atoms in total. The van der Waals surface area contributed by atoms with Gasteiger partial charge in [0.05, 0.1) is 27.6 Å². The van der Waals surface area contributed by atoms with Crippen LogP contribution in [0.25, 0.3) is 11.4 Å². The van der Waals surface area contributed by atoms with E-state index in [9.17, 15) is 4.79 Å². The van der Waals surface area contributed by atoms with Crippen LogP contribution < -0.4 is 4.74 Å². The fraction of sp³-hybridized carbons (Fsp3) is 0.133. The average molecular weight is 400 g/mol. The van der Waals surface area contributed by atoms with Crippen LogP contribution >= 0.6 is 46.3 Å². The van der Waals surface area contributed by atoms with E-state index in [1.54, 1.807) is 37.4 Å². The van der Waals surface area contributed by atoms with Gasteiger partial charge >= 0.3 is 0 Å². The number of rotatable bonds is 6. The molecule has 1 aromatic carbocycles. The molecule has 2 heterocycles. The van der Waals surface area contributed by atoms with Gasteiger partial charge in [-0.25, -0.2) is 4.98 Å². The van der Waals surface area contributed by atoms with Crippen LogP contribution in [0.1, 0.15) is 9.67 Å². The summed E-state index contributed by atoms with van der Waals surface area (Å²) in [5.41, 5.74) is 0.709. The maximum atomic E-state index is 12.1. The van der Waals surface area contributed by atoms with Crippen LogP contribution in [-0.2, 0) is 0 Å². The Balaban J connectivity index is 1.72. The fourth-order valence-electron chi connectivity index (χ4n) is 1.96. The highest BCUT2D eigenvalue weighted by Crippen LogP contribution is 2.31. The Morgan fingerprint density at radius 2 is 2.17 bits per heavy atom. The van der Waals surface area contributed by atoms with E-state index in [-0.39, 0.29) is 11.5 Å². The van der Waals surface area contributed by atoms with Gasteiger partial charge in [0.2, 0.25) is 5.16 Å². The Morgan fingerprint density at radius 3 is 2.88 bits per heavy atom. The summed E-state index contributed by atoms with van der Waals surface area (Å²) < 4.78 is 5.90. The number of hydrogen-bond acceptors (Lipinski definition) is 6. The number of aromatic amines is 1. The monoisotopic (exact) mass is 399 g/mol. The number of hydrogen-bond donors (Lipinski definition) is 1. The molecule has 0 saturated heterocycles. The van der Waals surface area contributed by atoms with Crippen LogP contribution in [0.3, 0.4) is 0 Å². The Hall–Kier alpha value is -1.54. The fourth-order valence-corrected chi connectivity index (χ4v) is 3.89. The first-order chi connectivity index (χ1) is 11.6. The van der Waals surface area contributed by atoms with Gasteiger partial charge in [-0.05, 0) is 30.3 Å². The number of nitrogens with zero attached hydrogens (tertiary/aromatic N) is 2. The van der Waals surface area contributed by atoms with Crippen LogP contribution in [0.15, 0.2) is 35.5 Å². The summed E-state index contributed by atoms with van der Waals surface area (Å²) in [6.07, 6.45) is 0. The van der Waals surface area contributed by atoms with Crippen molar-refractivity contribution in [1.82, 2.24) is 15.2 Å². The zero-order valence-corrected chi connectivity index (χ0v) is 15.5. The van der Waals surface area contributed by atoms with E-state index in [0.29, 0.717) is 36.5 Å². The molecule has 0 radical (unpaired) electrons. The van der Waals surface area contributed by atoms with Crippen molar-refractivity contribution >= 4 is 52.1 Å². The van der Waals surface area contributed by atoms with Gasteiger partial charge in [-0.15, -0.1) is 16.4 Å². The Morgan fingerprint density at radius 1 is 1.33 bits per heavy atom. The summed E-state index contributed by atoms with van der Waals surface area (Å²) in [5, 5.41) is 8.01. The number of thiophene rings is 1. The summed E-state index contributed by atoms with van der Waals surface area (Å²) in [7, 11) is 1.57. The lowest BCUT2D eigenvalue weighted by Gasteiger charge is -2.05. The SMILES string of the molecule is COc1ccc(Cl)cc1-c1nc(SCC(=O)c2ccc(Cl)s2)n[nH]1. The number of thioether (sulfide) groups is 1. The molecule has 3 rings (SSSR count). The second-order valence-electron chi connectivity index (χ2n) is 4.63. The predicted octanol–water partition coefficient (Wildman–Crippen LogP) is 4.82. The van der Waals surface area contributed by atoms with Crippen molar-refractivity contribution in [3.63, 3.8) is 0 Å². The molecule has 24 heavy (non-hydrogen) atoms. The summed E-state index contributed by atoms with van der Waals surface area (Å²) in [5.74, 6) is 1.39. The first-order valence-electron chi connectivity index (χ1n) is 6.74. The molecule has 0 aliphatic rings. The summed E-state index contributed by atoms with van der Waals surface area (Å²) in [4.78, 5) is 17.1. The topological polar surface area (TPSA) is 67.9 Å². The number of ketones is 1. The largest absolute Gasteiger partial charge is 0.496 e. The molecule has 0 aliphatic heterocycles. The number of aromatic nitrogens is 3. The highest BCUT2D eigenvalue weighted by atomic mass is 35.5. The molecular weight excluding hydrogens is 389 g/mol. The number of H-pyrrole nitrogens is 1. The second kappa shape index (κ2) is 7.57. The first kappa shape index (κ1) is 17.3. The van der Waals surface area contributed by atoms with E-state index in [4.69, 9.17) is 27.9 Å². The molecular formula is C15H11Cl2N3O2S2. The minimum atomic E-state index is -0.0106. The van der Waals surface area contributed by atoms with E-state index in [1.807, 2.05) is 0 Å². The highest BCUT2D eigenvalue weighted by molar-refractivity contribution is 7.99. The van der Waals surface area contributed by atoms with Gasteiger partial charge < -0.3 is 4.74 Å². The maximum absolute atomic E-state index is 12.1. The van der Waals surface area contributed by atoms with E-state index in [0.717, 1.165) is 0 Å². The molecule has 1 N–H and O–H groups in total. The summed E-state index contributed by atoms with van der Waals surface area (Å²) in [6, 6.07) is 8.67. The number of carbonyl (C=O) groups excluding carboxylic acids is 1. The first-order valence-corrected chi connectivity index (χ1v) is 9.30. The number of methoxy groups -OCH3 is 1. The summed E-state index contributed by atoms with van der Waals surface area (Å²) in [6.45, 7) is 0. The quantitative estimate of drug-likeness (QED) is 0.475. The molecule has 0 fully saturated rings. The normalized spacial score (nSPS) is 10.8. The zero-order chi connectivity index (χ0) is 17.1. The lowest BCUT2D eigenvalue weighted by atomic mass is 10.2. The van der Waals surface area contributed by atoms with Crippen molar-refractivity contribution in [3.05, 3.63) is 44.6 Å². The van der Waals surface area contributed by atoms with Crippen LogP contribution in [0.4, 0.5) is 0 Å². The Labute approximate surface area is 156 Å². The Bertz CT molecular complexity index is 879. The van der Waals surface area contributed by atoms with Crippen molar-refractivity contribution in [3.8, 4) is 17.1 Å². The number of benzene rings is 1. The predicted molar refractivity (Wildman–Crippen MR) is 97.8 cm³/mol. The van der Waals surface area contributed by atoms with Crippen molar-refractivity contribution in [2.75, 3.05) is 12.9 Å². The lowest BCUT2D eigenvalue weighted by molar-refractivity contribution is 0.102. The molecule has 0 atom stereocenters. The third kappa shape index (κ3) is 3.92. The molecule has 0 unspecified atom stereocenters. The summed E-state index contributed by atoms with van der Waals surface area (Å²) >= 11 is 14.4. The average Bonchev–Trinajstić information content (AvgIpc) is 3.21. The van der Waals surface area contributed by atoms with Gasteiger partial charge in [-0.2, -0.15) is 0 Å². The molecule has 0 spiro atoms. The molecule has 0 aliphatic carbocycles. The van der Waals surface area contributed by atoms with Gasteiger partial charge in [0.15, 0.2) is 11.6 Å². The van der Waals surface area contributed by atoms with Gasteiger partial charge in [0, 0.05) is 5.02 Å². The van der Waals surface area contributed by atoms with Crippen LogP contribution in [0, 0.1) is 0 Å². The van der Waals surface area contributed by atoms with E-state index in [2.05, 4.69) is 15.2 Å². The molecule has 124 valence electrons. The Kier molecular flexibility index (Phi) is 5.45. The van der Waals surface area contributed by atoms with Crippen LogP contribution in [-0.4, -0.2) is 33.8 Å². The van der Waals surface area contributed by atoms with Crippen molar-refractivity contribution in [2.45, 2.75) is 5.16 Å². The molecule has 2 aromatic heterocycles. The van der Waals surface area contributed by atoms with Crippen molar-refractivity contribution in [1.29, 1.82) is 0 Å². The number of Topliss-reactive ketones (excluding diaryl/α,β-unsaturated/α-hetero) is 1. The minimum Gasteiger partial charge on any atom is -0.496 e. The van der Waals surface area contributed by atoms with Gasteiger partial charge in [-0.1, -0.05) is 35.0 Å². The highest BCUT2D eigenvalue weighted by Gasteiger charge is 2.14. The van der Waals surface area contributed by atoms with E-state index >= 15 is 0 Å². The zero-order valence-electron chi connectivity index (χ0n) is 12.4. The molecule has 0 saturated carbocycles. The number of nitrogens with one attached hydrogen (secondary N) is 1. The van der Waals surface area contributed by atoms with Crippen molar-refractivity contribution < 1.29 is 9.53 Å². The van der Waals surface area contributed by atoms with E-state index < -0.39 is 0 Å². The standard InChI is InChI=1S/C15H11Cl2N3O2S2/c1-22-11-3-2-8(16)6-9(11)14-18-15(20-19-14)23-7-10(21)12-4-5-13(17)24-12/h2-6H,7H2,1H3,(H,18,19,20). The van der Waals surface area contributed by atoms with Gasteiger partial charge in [0.25, 0.3) is 0 Å². The van der Waals surface area contributed by atoms with E-state index in [1.165, 1.54) is 23.1 Å². The number of ether oxygens (including phenoxy) is 1. The third-order valence-corrected chi connectivity index (χ3v) is 5.42. The number of halogens is 2. The van der Waals surface area contributed by atoms with Crippen LogP contribution in [0.5, 0.6) is 5.75 Å². The van der Waals surface area contributed by atoms with Crippen molar-refractivity contribution in [2.24, 2.45) is 0 Å². The smallest absolute Gasteiger partial charge is 0.209 e. The lowest BCUT2D eigenvalue weighted by Crippen LogP contribution is -1.99. The molecule has 0 amide bonds. The molecule has 9 heteroatoms. The van der Waals surface area contributed by atoms with Crippen LogP contribution in [0.2, 0.25) is 9.36 Å². The second-order valence-corrected chi connectivity index (χ2v) is 7.72.